The highest BCUT2D eigenvalue weighted by atomic mass is 19.1. The molecule has 0 fully saturated rings. The van der Waals surface area contributed by atoms with Gasteiger partial charge in [0.05, 0.1) is 4.92 Å². The summed E-state index contributed by atoms with van der Waals surface area (Å²) in [5.74, 6) is -1.36. The van der Waals surface area contributed by atoms with Gasteiger partial charge in [0, 0.05) is 19.2 Å². The van der Waals surface area contributed by atoms with Gasteiger partial charge in [-0.1, -0.05) is 13.8 Å². The average molecular weight is 283 g/mol. The molecule has 1 unspecified atom stereocenters. The molecular weight excluding hydrogens is 265 g/mol. The summed E-state index contributed by atoms with van der Waals surface area (Å²) >= 11 is 0. The molecule has 1 atom stereocenters. The Morgan fingerprint density at radius 1 is 1.40 bits per heavy atom. The van der Waals surface area contributed by atoms with Crippen molar-refractivity contribution in [2.45, 2.75) is 26.8 Å². The quantitative estimate of drug-likeness (QED) is 0.522. The number of benzene rings is 1. The van der Waals surface area contributed by atoms with E-state index in [2.05, 4.69) is 0 Å². The van der Waals surface area contributed by atoms with Crippen LogP contribution in [0.1, 0.15) is 31.1 Å². The van der Waals surface area contributed by atoms with Crippen molar-refractivity contribution in [3.8, 4) is 0 Å². The van der Waals surface area contributed by atoms with Crippen LogP contribution in [0.4, 0.5) is 15.8 Å². The predicted octanol–water partition coefficient (Wildman–Crippen LogP) is 2.43. The van der Waals surface area contributed by atoms with E-state index in [1.165, 1.54) is 11.9 Å². The molecular formula is C13H18FN3O3. The molecule has 0 aliphatic heterocycles. The summed E-state index contributed by atoms with van der Waals surface area (Å²) in [5, 5.41) is 10.8. The second-order valence-electron chi connectivity index (χ2n) is 5.01. The van der Waals surface area contributed by atoms with Gasteiger partial charge in [0.25, 0.3) is 11.6 Å². The number of rotatable bonds is 4. The van der Waals surface area contributed by atoms with E-state index < -0.39 is 33.6 Å². The van der Waals surface area contributed by atoms with E-state index in [1.807, 2.05) is 20.8 Å². The molecule has 0 bridgehead atoms. The number of anilines is 1. The van der Waals surface area contributed by atoms with E-state index in [0.717, 1.165) is 12.1 Å². The summed E-state index contributed by atoms with van der Waals surface area (Å²) in [6, 6.07) is 1.68. The number of hydrogen-bond donors (Lipinski definition) is 1. The second-order valence-corrected chi connectivity index (χ2v) is 5.01. The molecule has 1 aromatic carbocycles. The summed E-state index contributed by atoms with van der Waals surface area (Å²) in [6.07, 6.45) is 0. The Morgan fingerprint density at radius 2 is 1.95 bits per heavy atom. The Labute approximate surface area is 116 Å². The topological polar surface area (TPSA) is 89.5 Å². The number of nitro benzene ring substituents is 1. The monoisotopic (exact) mass is 283 g/mol. The molecule has 20 heavy (non-hydrogen) atoms. The normalized spacial score (nSPS) is 12.3. The lowest BCUT2D eigenvalue weighted by molar-refractivity contribution is -0.384. The van der Waals surface area contributed by atoms with Crippen LogP contribution in [0.15, 0.2) is 12.1 Å². The molecule has 0 aromatic heterocycles. The number of carbonyl (C=O) groups excluding carboxylic acids is 1. The first-order chi connectivity index (χ1) is 9.18. The highest BCUT2D eigenvalue weighted by Crippen LogP contribution is 2.29. The molecule has 0 spiro atoms. The minimum atomic E-state index is -0.860. The third-order valence-electron chi connectivity index (χ3n) is 3.48. The van der Waals surface area contributed by atoms with Gasteiger partial charge in [-0.25, -0.2) is 4.39 Å². The van der Waals surface area contributed by atoms with Gasteiger partial charge in [0.15, 0.2) is 0 Å². The van der Waals surface area contributed by atoms with Gasteiger partial charge in [-0.05, 0) is 18.9 Å². The van der Waals surface area contributed by atoms with Crippen molar-refractivity contribution >= 4 is 17.3 Å². The van der Waals surface area contributed by atoms with E-state index in [0.29, 0.717) is 0 Å². The largest absolute Gasteiger partial charge is 0.392 e. The Hall–Kier alpha value is -2.18. The Morgan fingerprint density at radius 3 is 2.40 bits per heavy atom. The Bertz CT molecular complexity index is 546. The van der Waals surface area contributed by atoms with Gasteiger partial charge >= 0.3 is 0 Å². The Kier molecular flexibility index (Phi) is 4.65. The Balaban J connectivity index is 3.29. The number of halogens is 1. The molecule has 1 rings (SSSR count). The lowest BCUT2D eigenvalue weighted by Crippen LogP contribution is -2.39. The molecule has 1 aromatic rings. The zero-order valence-corrected chi connectivity index (χ0v) is 11.9. The van der Waals surface area contributed by atoms with Crippen molar-refractivity contribution in [2.75, 3.05) is 12.8 Å². The first kappa shape index (κ1) is 15.9. The fourth-order valence-corrected chi connectivity index (χ4v) is 1.77. The molecule has 0 radical (unpaired) electrons. The van der Waals surface area contributed by atoms with Gasteiger partial charge in [-0.15, -0.1) is 0 Å². The number of nitro groups is 1. The second kappa shape index (κ2) is 5.85. The lowest BCUT2D eigenvalue weighted by atomic mass is 10.0. The molecule has 0 aliphatic rings. The number of hydrogen-bond acceptors (Lipinski definition) is 4. The van der Waals surface area contributed by atoms with Crippen LogP contribution in [0, 0.1) is 21.8 Å². The molecule has 7 heteroatoms. The van der Waals surface area contributed by atoms with Crippen LogP contribution in [0.5, 0.6) is 0 Å². The summed E-state index contributed by atoms with van der Waals surface area (Å²) in [7, 11) is 1.52. The van der Waals surface area contributed by atoms with Crippen molar-refractivity contribution in [3.05, 3.63) is 33.6 Å². The maximum absolute atomic E-state index is 13.8. The van der Waals surface area contributed by atoms with Crippen molar-refractivity contribution in [3.63, 3.8) is 0 Å². The van der Waals surface area contributed by atoms with Crippen LogP contribution in [0.25, 0.3) is 0 Å². The number of nitrogens with two attached hydrogens (primary N) is 1. The molecule has 1 amide bonds. The minimum Gasteiger partial charge on any atom is -0.392 e. The molecule has 0 saturated heterocycles. The first-order valence-electron chi connectivity index (χ1n) is 6.18. The summed E-state index contributed by atoms with van der Waals surface area (Å²) < 4.78 is 13.8. The highest BCUT2D eigenvalue weighted by molar-refractivity contribution is 6.01. The van der Waals surface area contributed by atoms with Crippen molar-refractivity contribution in [1.82, 2.24) is 4.90 Å². The van der Waals surface area contributed by atoms with E-state index >= 15 is 0 Å². The van der Waals surface area contributed by atoms with E-state index in [-0.39, 0.29) is 12.0 Å². The third-order valence-corrected chi connectivity index (χ3v) is 3.48. The van der Waals surface area contributed by atoms with Gasteiger partial charge in [-0.2, -0.15) is 0 Å². The lowest BCUT2D eigenvalue weighted by Gasteiger charge is -2.28. The van der Waals surface area contributed by atoms with Crippen LogP contribution >= 0.6 is 0 Å². The standard InChI is InChI=1S/C13H18FN3O3/c1-7(2)8(3)16(4)13(18)11-9(14)5-6-10(12(11)15)17(19)20/h5-8H,15H2,1-4H3. The molecule has 0 heterocycles. The SMILES string of the molecule is CC(C)C(C)N(C)C(=O)c1c(F)ccc([N+](=O)[O-])c1N. The zero-order valence-electron chi connectivity index (χ0n) is 11.9. The van der Waals surface area contributed by atoms with Crippen LogP contribution < -0.4 is 5.73 Å². The van der Waals surface area contributed by atoms with Crippen molar-refractivity contribution < 1.29 is 14.1 Å². The van der Waals surface area contributed by atoms with Gasteiger partial charge in [-0.3, -0.25) is 14.9 Å². The third kappa shape index (κ3) is 2.87. The first-order valence-corrected chi connectivity index (χ1v) is 6.18. The number of nitrogen functional groups attached to an aromatic ring is 1. The van der Waals surface area contributed by atoms with Gasteiger partial charge in [0.2, 0.25) is 0 Å². The summed E-state index contributed by atoms with van der Waals surface area (Å²) in [5.41, 5.74) is 4.21. The fourth-order valence-electron chi connectivity index (χ4n) is 1.77. The smallest absolute Gasteiger partial charge is 0.293 e. The van der Waals surface area contributed by atoms with Crippen LogP contribution in [-0.2, 0) is 0 Å². The number of amides is 1. The fraction of sp³-hybridized carbons (Fsp3) is 0.462. The number of nitrogens with zero attached hydrogens (tertiary/aromatic N) is 2. The van der Waals surface area contributed by atoms with Gasteiger partial charge in [0.1, 0.15) is 17.1 Å². The number of carbonyl (C=O) groups is 1. The zero-order chi connectivity index (χ0) is 15.6. The van der Waals surface area contributed by atoms with Crippen molar-refractivity contribution in [2.24, 2.45) is 5.92 Å². The van der Waals surface area contributed by atoms with E-state index in [4.69, 9.17) is 5.73 Å². The maximum Gasteiger partial charge on any atom is 0.293 e. The van der Waals surface area contributed by atoms with Crippen molar-refractivity contribution in [1.29, 1.82) is 0 Å². The molecule has 0 aliphatic carbocycles. The molecule has 0 saturated carbocycles. The predicted molar refractivity (Wildman–Crippen MR) is 73.9 cm³/mol. The van der Waals surface area contributed by atoms with E-state index in [9.17, 15) is 19.3 Å². The average Bonchev–Trinajstić information content (AvgIpc) is 2.36. The van der Waals surface area contributed by atoms with E-state index in [1.54, 1.807) is 0 Å². The molecule has 6 nitrogen and oxygen atoms in total. The molecule has 2 N–H and O–H groups in total. The maximum atomic E-state index is 13.8. The molecule has 110 valence electrons. The summed E-state index contributed by atoms with van der Waals surface area (Å²) in [6.45, 7) is 5.65. The van der Waals surface area contributed by atoms with Crippen LogP contribution in [0.2, 0.25) is 0 Å². The minimum absolute atomic E-state index is 0.152. The van der Waals surface area contributed by atoms with Gasteiger partial charge < -0.3 is 10.6 Å². The summed E-state index contributed by atoms with van der Waals surface area (Å²) in [4.78, 5) is 23.7. The highest BCUT2D eigenvalue weighted by Gasteiger charge is 2.28. The van der Waals surface area contributed by atoms with Crippen LogP contribution in [-0.4, -0.2) is 28.8 Å². The van der Waals surface area contributed by atoms with Crippen LogP contribution in [0.3, 0.4) is 0 Å².